The Balaban J connectivity index is 1.70. The number of Topliss-reactive ketones (excluding diaryl/α,β-unsaturated/α-hetero) is 1. The third-order valence-electron chi connectivity index (χ3n) is 3.61. The Bertz CT molecular complexity index is 943. The van der Waals surface area contributed by atoms with Gasteiger partial charge in [0.2, 0.25) is 0 Å². The van der Waals surface area contributed by atoms with Crippen molar-refractivity contribution < 1.29 is 9.18 Å². The summed E-state index contributed by atoms with van der Waals surface area (Å²) in [5.41, 5.74) is 1.82. The van der Waals surface area contributed by atoms with Crippen molar-refractivity contribution in [1.82, 2.24) is 14.8 Å². The van der Waals surface area contributed by atoms with E-state index in [4.69, 9.17) is 5.26 Å². The first-order chi connectivity index (χ1) is 12.1. The lowest BCUT2D eigenvalue weighted by atomic mass is 10.1. The molecule has 5 nitrogen and oxygen atoms in total. The van der Waals surface area contributed by atoms with Crippen LogP contribution in [-0.2, 0) is 7.05 Å². The highest BCUT2D eigenvalue weighted by Gasteiger charge is 2.14. The quantitative estimate of drug-likeness (QED) is 0.519. The van der Waals surface area contributed by atoms with Gasteiger partial charge in [0.15, 0.2) is 16.8 Å². The topological polar surface area (TPSA) is 71.6 Å². The lowest BCUT2D eigenvalue weighted by molar-refractivity contribution is 0.102. The van der Waals surface area contributed by atoms with E-state index in [0.717, 1.165) is 5.56 Å². The second-order valence-electron chi connectivity index (χ2n) is 5.27. The highest BCUT2D eigenvalue weighted by atomic mass is 32.2. The minimum absolute atomic E-state index is 0.0548. The standard InChI is InChI=1S/C18H13FN4OS/c1-23-17(14-6-8-15(19)9-7-14)21-22-18(23)25-11-16(24)13-4-2-12(10-20)3-5-13/h2-9H,11H2,1H3. The Hall–Kier alpha value is -2.98. The van der Waals surface area contributed by atoms with Crippen LogP contribution in [0.15, 0.2) is 53.7 Å². The molecule has 0 aliphatic carbocycles. The van der Waals surface area contributed by atoms with E-state index in [9.17, 15) is 9.18 Å². The molecule has 1 aromatic heterocycles. The number of hydrogen-bond acceptors (Lipinski definition) is 5. The van der Waals surface area contributed by atoms with Crippen LogP contribution in [0.3, 0.4) is 0 Å². The number of carbonyl (C=O) groups is 1. The molecule has 1 heterocycles. The number of thioether (sulfide) groups is 1. The number of rotatable bonds is 5. The maximum absolute atomic E-state index is 13.0. The zero-order chi connectivity index (χ0) is 17.8. The third-order valence-corrected chi connectivity index (χ3v) is 4.63. The van der Waals surface area contributed by atoms with Gasteiger partial charge in [-0.2, -0.15) is 5.26 Å². The van der Waals surface area contributed by atoms with Gasteiger partial charge in [-0.25, -0.2) is 4.39 Å². The van der Waals surface area contributed by atoms with Gasteiger partial charge < -0.3 is 4.57 Å². The second kappa shape index (κ2) is 7.28. The van der Waals surface area contributed by atoms with Crippen molar-refractivity contribution in [3.05, 3.63) is 65.5 Å². The van der Waals surface area contributed by atoms with E-state index in [1.54, 1.807) is 48.0 Å². The number of nitriles is 1. The summed E-state index contributed by atoms with van der Waals surface area (Å²) in [6.07, 6.45) is 0. The summed E-state index contributed by atoms with van der Waals surface area (Å²) in [6.45, 7) is 0. The van der Waals surface area contributed by atoms with E-state index >= 15 is 0 Å². The van der Waals surface area contributed by atoms with Crippen molar-refractivity contribution in [2.45, 2.75) is 5.16 Å². The first-order valence-electron chi connectivity index (χ1n) is 7.40. The van der Waals surface area contributed by atoms with Crippen LogP contribution in [0.25, 0.3) is 11.4 Å². The monoisotopic (exact) mass is 352 g/mol. The molecule has 0 bridgehead atoms. The Labute approximate surface area is 148 Å². The van der Waals surface area contributed by atoms with Crippen molar-refractivity contribution in [3.63, 3.8) is 0 Å². The smallest absolute Gasteiger partial charge is 0.191 e. The lowest BCUT2D eigenvalue weighted by Gasteiger charge is -2.04. The predicted molar refractivity (Wildman–Crippen MR) is 92.6 cm³/mol. The van der Waals surface area contributed by atoms with Gasteiger partial charge in [-0.1, -0.05) is 23.9 Å². The molecule has 25 heavy (non-hydrogen) atoms. The van der Waals surface area contributed by atoms with Crippen LogP contribution in [0.5, 0.6) is 0 Å². The molecule has 0 saturated carbocycles. The van der Waals surface area contributed by atoms with Gasteiger partial charge in [0.25, 0.3) is 0 Å². The number of hydrogen-bond donors (Lipinski definition) is 0. The summed E-state index contributed by atoms with van der Waals surface area (Å²) in [4.78, 5) is 12.2. The normalized spacial score (nSPS) is 10.4. The van der Waals surface area contributed by atoms with E-state index < -0.39 is 0 Å². The summed E-state index contributed by atoms with van der Waals surface area (Å²) in [6, 6.07) is 14.5. The fourth-order valence-electron chi connectivity index (χ4n) is 2.24. The fraction of sp³-hybridized carbons (Fsp3) is 0.111. The van der Waals surface area contributed by atoms with E-state index in [-0.39, 0.29) is 17.4 Å². The van der Waals surface area contributed by atoms with Crippen LogP contribution in [0.2, 0.25) is 0 Å². The van der Waals surface area contributed by atoms with E-state index in [0.29, 0.717) is 22.1 Å². The van der Waals surface area contributed by atoms with Crippen LogP contribution < -0.4 is 0 Å². The molecule has 0 N–H and O–H groups in total. The molecule has 0 unspecified atom stereocenters. The van der Waals surface area contributed by atoms with Crippen molar-refractivity contribution >= 4 is 17.5 Å². The molecular formula is C18H13FN4OS. The second-order valence-corrected chi connectivity index (χ2v) is 6.22. The predicted octanol–water partition coefficient (Wildman–Crippen LogP) is 3.47. The average molecular weight is 352 g/mol. The molecule has 0 aliphatic heterocycles. The van der Waals surface area contributed by atoms with Gasteiger partial charge >= 0.3 is 0 Å². The number of carbonyl (C=O) groups excluding carboxylic acids is 1. The highest BCUT2D eigenvalue weighted by Crippen LogP contribution is 2.23. The van der Waals surface area contributed by atoms with Crippen molar-refractivity contribution in [3.8, 4) is 17.5 Å². The molecule has 3 rings (SSSR count). The zero-order valence-corrected chi connectivity index (χ0v) is 14.1. The summed E-state index contributed by atoms with van der Waals surface area (Å²) >= 11 is 1.28. The van der Waals surface area contributed by atoms with Gasteiger partial charge in [0.05, 0.1) is 17.4 Å². The highest BCUT2D eigenvalue weighted by molar-refractivity contribution is 7.99. The van der Waals surface area contributed by atoms with E-state index in [1.165, 1.54) is 23.9 Å². The number of nitrogens with zero attached hydrogens (tertiary/aromatic N) is 4. The summed E-state index contributed by atoms with van der Waals surface area (Å²) in [5.74, 6) is 0.448. The number of benzene rings is 2. The first-order valence-corrected chi connectivity index (χ1v) is 8.38. The van der Waals surface area contributed by atoms with Crippen LogP contribution >= 0.6 is 11.8 Å². The minimum Gasteiger partial charge on any atom is -0.305 e. The van der Waals surface area contributed by atoms with Crippen molar-refractivity contribution in [2.24, 2.45) is 7.05 Å². The maximum atomic E-state index is 13.0. The Morgan fingerprint density at radius 3 is 2.48 bits per heavy atom. The average Bonchev–Trinajstić information content (AvgIpc) is 3.01. The molecule has 0 radical (unpaired) electrons. The molecule has 0 amide bonds. The molecule has 0 spiro atoms. The number of ketones is 1. The van der Waals surface area contributed by atoms with Gasteiger partial charge in [0.1, 0.15) is 5.82 Å². The van der Waals surface area contributed by atoms with Crippen molar-refractivity contribution in [2.75, 3.05) is 5.75 Å². The molecule has 0 saturated heterocycles. The maximum Gasteiger partial charge on any atom is 0.191 e. The van der Waals surface area contributed by atoms with E-state index in [1.807, 2.05) is 6.07 Å². The lowest BCUT2D eigenvalue weighted by Crippen LogP contribution is -2.04. The molecule has 0 fully saturated rings. The van der Waals surface area contributed by atoms with Crippen molar-refractivity contribution in [1.29, 1.82) is 5.26 Å². The summed E-state index contributed by atoms with van der Waals surface area (Å²) in [7, 11) is 1.80. The summed E-state index contributed by atoms with van der Waals surface area (Å²) < 4.78 is 14.8. The fourth-order valence-corrected chi connectivity index (χ4v) is 3.04. The number of aromatic nitrogens is 3. The molecule has 124 valence electrons. The largest absolute Gasteiger partial charge is 0.305 e. The van der Waals surface area contributed by atoms with Crippen LogP contribution in [0.4, 0.5) is 4.39 Å². The number of halogens is 1. The van der Waals surface area contributed by atoms with Crippen LogP contribution in [0.1, 0.15) is 15.9 Å². The Kier molecular flexibility index (Phi) is 4.91. The molecule has 3 aromatic rings. The molecule has 0 atom stereocenters. The SMILES string of the molecule is Cn1c(SCC(=O)c2ccc(C#N)cc2)nnc1-c1ccc(F)cc1. The molecular weight excluding hydrogens is 339 g/mol. The van der Waals surface area contributed by atoms with Crippen LogP contribution in [0, 0.1) is 17.1 Å². The van der Waals surface area contributed by atoms with Gasteiger partial charge in [-0.15, -0.1) is 10.2 Å². The zero-order valence-electron chi connectivity index (χ0n) is 13.3. The van der Waals surface area contributed by atoms with Crippen LogP contribution in [-0.4, -0.2) is 26.3 Å². The van der Waals surface area contributed by atoms with Gasteiger partial charge in [-0.3, -0.25) is 4.79 Å². The minimum atomic E-state index is -0.312. The third kappa shape index (κ3) is 3.75. The first kappa shape index (κ1) is 16.9. The molecule has 7 heteroatoms. The van der Waals surface area contributed by atoms with Gasteiger partial charge in [-0.05, 0) is 36.4 Å². The van der Waals surface area contributed by atoms with E-state index in [2.05, 4.69) is 10.2 Å². The Morgan fingerprint density at radius 1 is 1.16 bits per heavy atom. The Morgan fingerprint density at radius 2 is 1.84 bits per heavy atom. The molecule has 2 aromatic carbocycles. The van der Waals surface area contributed by atoms with Gasteiger partial charge in [0, 0.05) is 18.2 Å². The molecule has 0 aliphatic rings. The summed E-state index contributed by atoms with van der Waals surface area (Å²) in [5, 5.41) is 17.6.